The van der Waals surface area contributed by atoms with Crippen LogP contribution in [-0.2, 0) is 23.8 Å². The SMILES string of the molecule is COC(=O)[C@@H]1CCCC2(CCCCC2)[C@H]1OS(C)(=O)=O. The third-order valence-electron chi connectivity index (χ3n) is 4.79. The van der Waals surface area contributed by atoms with E-state index in [-0.39, 0.29) is 11.4 Å². The lowest BCUT2D eigenvalue weighted by Gasteiger charge is -2.48. The molecule has 20 heavy (non-hydrogen) atoms. The van der Waals surface area contributed by atoms with Gasteiger partial charge in [-0.25, -0.2) is 0 Å². The molecule has 2 saturated carbocycles. The molecule has 0 aliphatic heterocycles. The predicted molar refractivity (Wildman–Crippen MR) is 74.6 cm³/mol. The molecule has 2 atom stereocenters. The highest BCUT2D eigenvalue weighted by molar-refractivity contribution is 7.86. The Hall–Kier alpha value is -0.620. The second-order valence-electron chi connectivity index (χ2n) is 6.17. The monoisotopic (exact) mass is 304 g/mol. The Kier molecular flexibility index (Phi) is 4.74. The van der Waals surface area contributed by atoms with Crippen LogP contribution in [0.5, 0.6) is 0 Å². The molecule has 0 aromatic heterocycles. The third-order valence-corrected chi connectivity index (χ3v) is 5.35. The van der Waals surface area contributed by atoms with E-state index < -0.39 is 22.1 Å². The van der Waals surface area contributed by atoms with Crippen molar-refractivity contribution in [2.45, 2.75) is 57.5 Å². The zero-order chi connectivity index (χ0) is 14.8. The summed E-state index contributed by atoms with van der Waals surface area (Å²) in [6, 6.07) is 0. The van der Waals surface area contributed by atoms with E-state index in [0.717, 1.165) is 44.8 Å². The maximum absolute atomic E-state index is 12.0. The Morgan fingerprint density at radius 3 is 2.25 bits per heavy atom. The van der Waals surface area contributed by atoms with Crippen LogP contribution in [0.3, 0.4) is 0 Å². The summed E-state index contributed by atoms with van der Waals surface area (Å²) in [5, 5.41) is 0. The minimum atomic E-state index is -3.58. The molecule has 2 fully saturated rings. The first-order chi connectivity index (χ1) is 9.38. The van der Waals surface area contributed by atoms with Gasteiger partial charge in [-0.15, -0.1) is 0 Å². The van der Waals surface area contributed by atoms with Crippen molar-refractivity contribution in [1.29, 1.82) is 0 Å². The van der Waals surface area contributed by atoms with Gasteiger partial charge in [0.25, 0.3) is 10.1 Å². The molecule has 5 nitrogen and oxygen atoms in total. The van der Waals surface area contributed by atoms with Gasteiger partial charge in [-0.1, -0.05) is 25.7 Å². The van der Waals surface area contributed by atoms with E-state index in [4.69, 9.17) is 8.92 Å². The third kappa shape index (κ3) is 3.34. The molecule has 0 aromatic rings. The van der Waals surface area contributed by atoms with Gasteiger partial charge in [-0.2, -0.15) is 8.42 Å². The standard InChI is InChI=1S/C14H24O5S/c1-18-13(15)11-7-6-10-14(8-4-3-5-9-14)12(11)19-20(2,16)17/h11-12H,3-10H2,1-2H3/t11-,12+/m1/s1. The van der Waals surface area contributed by atoms with Crippen LogP contribution in [0.15, 0.2) is 0 Å². The fourth-order valence-corrected chi connectivity index (χ4v) is 4.65. The molecule has 0 amide bonds. The van der Waals surface area contributed by atoms with Gasteiger partial charge in [0.05, 0.1) is 25.4 Å². The summed E-state index contributed by atoms with van der Waals surface area (Å²) < 4.78 is 33.4. The largest absolute Gasteiger partial charge is 0.469 e. The lowest BCUT2D eigenvalue weighted by molar-refractivity contribution is -0.157. The van der Waals surface area contributed by atoms with Crippen molar-refractivity contribution in [1.82, 2.24) is 0 Å². The number of hydrogen-bond donors (Lipinski definition) is 0. The van der Waals surface area contributed by atoms with Crippen molar-refractivity contribution >= 4 is 16.1 Å². The zero-order valence-corrected chi connectivity index (χ0v) is 13.1. The van der Waals surface area contributed by atoms with Crippen LogP contribution in [0, 0.1) is 11.3 Å². The summed E-state index contributed by atoms with van der Waals surface area (Å²) in [5.74, 6) is -0.801. The Morgan fingerprint density at radius 2 is 1.70 bits per heavy atom. The Balaban J connectivity index is 2.31. The van der Waals surface area contributed by atoms with E-state index in [9.17, 15) is 13.2 Å². The van der Waals surface area contributed by atoms with Crippen LogP contribution in [-0.4, -0.2) is 33.9 Å². The summed E-state index contributed by atoms with van der Waals surface area (Å²) in [7, 11) is -2.23. The first-order valence-corrected chi connectivity index (χ1v) is 9.16. The molecule has 0 bridgehead atoms. The number of carbonyl (C=O) groups excluding carboxylic acids is 1. The quantitative estimate of drug-likeness (QED) is 0.591. The van der Waals surface area contributed by atoms with Crippen molar-refractivity contribution < 1.29 is 22.1 Å². The predicted octanol–water partition coefficient (Wildman–Crippen LogP) is 2.25. The molecule has 0 unspecified atom stereocenters. The first-order valence-electron chi connectivity index (χ1n) is 7.34. The second-order valence-corrected chi connectivity index (χ2v) is 7.77. The number of rotatable bonds is 3. The Bertz CT molecular complexity index is 445. The molecule has 116 valence electrons. The lowest BCUT2D eigenvalue weighted by atomic mass is 9.60. The summed E-state index contributed by atoms with van der Waals surface area (Å²) >= 11 is 0. The number of esters is 1. The van der Waals surface area contributed by atoms with E-state index in [2.05, 4.69) is 0 Å². The average molecular weight is 304 g/mol. The minimum Gasteiger partial charge on any atom is -0.469 e. The molecule has 1 spiro atoms. The molecular formula is C14H24O5S. The first kappa shape index (κ1) is 15.8. The summed E-state index contributed by atoms with van der Waals surface area (Å²) in [6.45, 7) is 0. The molecule has 6 heteroatoms. The van der Waals surface area contributed by atoms with Gasteiger partial charge in [0, 0.05) is 0 Å². The van der Waals surface area contributed by atoms with Gasteiger partial charge in [0.1, 0.15) is 0 Å². The normalized spacial score (nSPS) is 30.1. The van der Waals surface area contributed by atoms with Gasteiger partial charge >= 0.3 is 5.97 Å². The molecule has 0 saturated heterocycles. The van der Waals surface area contributed by atoms with Crippen molar-refractivity contribution in [3.63, 3.8) is 0 Å². The molecule has 0 N–H and O–H groups in total. The lowest BCUT2D eigenvalue weighted by Crippen LogP contribution is -2.50. The molecule has 0 heterocycles. The van der Waals surface area contributed by atoms with Crippen molar-refractivity contribution in [2.75, 3.05) is 13.4 Å². The van der Waals surface area contributed by atoms with Crippen LogP contribution in [0.1, 0.15) is 51.4 Å². The molecule has 0 aromatic carbocycles. The topological polar surface area (TPSA) is 69.7 Å². The van der Waals surface area contributed by atoms with Gasteiger partial charge < -0.3 is 4.74 Å². The van der Waals surface area contributed by atoms with Gasteiger partial charge in [-0.3, -0.25) is 8.98 Å². The number of carbonyl (C=O) groups is 1. The van der Waals surface area contributed by atoms with Crippen molar-refractivity contribution in [3.8, 4) is 0 Å². The van der Waals surface area contributed by atoms with Crippen molar-refractivity contribution in [3.05, 3.63) is 0 Å². The number of hydrogen-bond acceptors (Lipinski definition) is 5. The highest BCUT2D eigenvalue weighted by atomic mass is 32.2. The van der Waals surface area contributed by atoms with Crippen LogP contribution in [0.2, 0.25) is 0 Å². The van der Waals surface area contributed by atoms with Crippen molar-refractivity contribution in [2.24, 2.45) is 11.3 Å². The Labute approximate surface area is 121 Å². The fourth-order valence-electron chi connectivity index (χ4n) is 3.94. The molecule has 2 aliphatic rings. The number of ether oxygens (including phenoxy) is 1. The maximum atomic E-state index is 12.0. The van der Waals surface area contributed by atoms with E-state index in [1.165, 1.54) is 13.5 Å². The van der Waals surface area contributed by atoms with Crippen LogP contribution in [0.4, 0.5) is 0 Å². The molecule has 2 aliphatic carbocycles. The second kappa shape index (κ2) is 6.02. The summed E-state index contributed by atoms with van der Waals surface area (Å²) in [6.07, 6.45) is 8.26. The smallest absolute Gasteiger partial charge is 0.311 e. The molecule has 0 radical (unpaired) electrons. The zero-order valence-electron chi connectivity index (χ0n) is 12.3. The van der Waals surface area contributed by atoms with Gasteiger partial charge in [0.2, 0.25) is 0 Å². The average Bonchev–Trinajstić information content (AvgIpc) is 2.40. The fraction of sp³-hybridized carbons (Fsp3) is 0.929. The Morgan fingerprint density at radius 1 is 1.10 bits per heavy atom. The summed E-state index contributed by atoms with van der Waals surface area (Å²) in [4.78, 5) is 12.0. The van der Waals surface area contributed by atoms with Gasteiger partial charge in [0.15, 0.2) is 0 Å². The summed E-state index contributed by atoms with van der Waals surface area (Å²) in [5.41, 5.74) is -0.168. The van der Waals surface area contributed by atoms with E-state index >= 15 is 0 Å². The maximum Gasteiger partial charge on any atom is 0.311 e. The van der Waals surface area contributed by atoms with Gasteiger partial charge in [-0.05, 0) is 31.1 Å². The van der Waals surface area contributed by atoms with Crippen LogP contribution >= 0.6 is 0 Å². The number of methoxy groups -OCH3 is 1. The highest BCUT2D eigenvalue weighted by Crippen LogP contribution is 2.51. The van der Waals surface area contributed by atoms with E-state index in [1.54, 1.807) is 0 Å². The van der Waals surface area contributed by atoms with Crippen LogP contribution < -0.4 is 0 Å². The van der Waals surface area contributed by atoms with E-state index in [0.29, 0.717) is 6.42 Å². The molecule has 2 rings (SSSR count). The van der Waals surface area contributed by atoms with Crippen LogP contribution in [0.25, 0.3) is 0 Å². The minimum absolute atomic E-state index is 0.168. The van der Waals surface area contributed by atoms with E-state index in [1.807, 2.05) is 0 Å². The highest BCUT2D eigenvalue weighted by Gasteiger charge is 2.50. The molecular weight excluding hydrogens is 280 g/mol.